The molecule has 3 rings (SSSR count). The molecule has 12 nitrogen and oxygen atoms in total. The van der Waals surface area contributed by atoms with E-state index in [1.807, 2.05) is 24.1 Å². The van der Waals surface area contributed by atoms with E-state index < -0.39 is 30.1 Å². The number of fused-ring (bicyclic) bond motifs is 1. The summed E-state index contributed by atoms with van der Waals surface area (Å²) in [4.78, 5) is 44.9. The largest absolute Gasteiger partial charge is 0.481 e. The van der Waals surface area contributed by atoms with Crippen molar-refractivity contribution in [1.29, 1.82) is 0 Å². The molecule has 0 radical (unpaired) electrons. The van der Waals surface area contributed by atoms with Crippen LogP contribution in [0.5, 0.6) is 0 Å². The van der Waals surface area contributed by atoms with E-state index in [9.17, 15) is 19.5 Å². The summed E-state index contributed by atoms with van der Waals surface area (Å²) in [6.07, 6.45) is -1.21. The smallest absolute Gasteiger partial charge is 0.326 e. The summed E-state index contributed by atoms with van der Waals surface area (Å²) in [6, 6.07) is 8.97. The van der Waals surface area contributed by atoms with Gasteiger partial charge in [0, 0.05) is 24.7 Å². The fraction of sp³-hybridized carbons (Fsp3) is 0.286. The highest BCUT2D eigenvalue weighted by Gasteiger charge is 2.22. The van der Waals surface area contributed by atoms with Gasteiger partial charge in [-0.1, -0.05) is 0 Å². The Morgan fingerprint density at radius 3 is 2.52 bits per heavy atom. The molecule has 2 atom stereocenters. The lowest BCUT2D eigenvalue weighted by atomic mass is 10.1. The van der Waals surface area contributed by atoms with Crippen molar-refractivity contribution < 1.29 is 24.6 Å². The van der Waals surface area contributed by atoms with Gasteiger partial charge in [0.25, 0.3) is 5.91 Å². The van der Waals surface area contributed by atoms with Gasteiger partial charge in [-0.05, 0) is 42.8 Å². The van der Waals surface area contributed by atoms with Gasteiger partial charge < -0.3 is 37.2 Å². The molecule has 0 saturated heterocycles. The van der Waals surface area contributed by atoms with Crippen molar-refractivity contribution in [3.8, 4) is 0 Å². The number of nitrogens with one attached hydrogen (secondary N) is 2. The van der Waals surface area contributed by atoms with Crippen LogP contribution in [-0.2, 0) is 16.1 Å². The lowest BCUT2D eigenvalue weighted by Gasteiger charge is -2.23. The lowest BCUT2D eigenvalue weighted by molar-refractivity contribution is -0.140. The summed E-state index contributed by atoms with van der Waals surface area (Å²) in [5.74, 6) is -2.78. The van der Waals surface area contributed by atoms with Gasteiger partial charge in [0.2, 0.25) is 0 Å². The second-order valence-corrected chi connectivity index (χ2v) is 7.52. The first-order valence-electron chi connectivity index (χ1n) is 10.1. The molecule has 0 bridgehead atoms. The van der Waals surface area contributed by atoms with Crippen LogP contribution in [0.15, 0.2) is 41.4 Å². The zero-order chi connectivity index (χ0) is 24.1. The number of benzene rings is 1. The van der Waals surface area contributed by atoms with Crippen LogP contribution in [0.4, 0.5) is 11.4 Å². The summed E-state index contributed by atoms with van der Waals surface area (Å²) in [6.45, 7) is 0.459. The third-order valence-corrected chi connectivity index (χ3v) is 5.02. The van der Waals surface area contributed by atoms with Gasteiger partial charge in [-0.15, -0.1) is 0 Å². The number of anilines is 2. The van der Waals surface area contributed by atoms with Crippen molar-refractivity contribution in [2.45, 2.75) is 31.6 Å². The third-order valence-electron chi connectivity index (χ3n) is 5.02. The Bertz CT molecular complexity index is 1090. The zero-order valence-electron chi connectivity index (χ0n) is 17.9. The quantitative estimate of drug-likeness (QED) is 0.309. The molecule has 8 N–H and O–H groups in total. The van der Waals surface area contributed by atoms with Gasteiger partial charge in [-0.3, -0.25) is 14.6 Å². The van der Waals surface area contributed by atoms with Crippen LogP contribution in [0.3, 0.4) is 0 Å². The molecule has 174 valence electrons. The first kappa shape index (κ1) is 23.5. The van der Waals surface area contributed by atoms with E-state index in [0.717, 1.165) is 11.4 Å². The van der Waals surface area contributed by atoms with E-state index in [2.05, 4.69) is 20.6 Å². The number of hydrogen-bond donors (Lipinski definition) is 6. The van der Waals surface area contributed by atoms with E-state index >= 15 is 0 Å². The molecule has 0 fully saturated rings. The Kier molecular flexibility index (Phi) is 7.08. The number of aliphatic imine (C=N–C) groups is 1. The van der Waals surface area contributed by atoms with Crippen LogP contribution < -0.4 is 27.0 Å². The number of aromatic nitrogens is 1. The molecule has 0 spiro atoms. The first-order chi connectivity index (χ1) is 15.6. The maximum Gasteiger partial charge on any atom is 0.326 e. The maximum atomic E-state index is 12.4. The van der Waals surface area contributed by atoms with E-state index in [1.165, 1.54) is 0 Å². The van der Waals surface area contributed by atoms with Crippen molar-refractivity contribution in [3.63, 3.8) is 0 Å². The number of guanidine groups is 1. The van der Waals surface area contributed by atoms with Crippen molar-refractivity contribution >= 4 is 35.2 Å². The molecular formula is C21H25N7O5. The van der Waals surface area contributed by atoms with E-state index in [1.54, 1.807) is 24.3 Å². The number of amides is 1. The molecule has 12 heteroatoms. The predicted octanol–water partition coefficient (Wildman–Crippen LogP) is 0.463. The van der Waals surface area contributed by atoms with E-state index in [0.29, 0.717) is 17.9 Å². The van der Waals surface area contributed by atoms with E-state index in [4.69, 9.17) is 16.6 Å². The fourth-order valence-corrected chi connectivity index (χ4v) is 3.29. The summed E-state index contributed by atoms with van der Waals surface area (Å²) in [5, 5.41) is 23.2. The van der Waals surface area contributed by atoms with Crippen molar-refractivity contribution in [2.24, 2.45) is 16.5 Å². The number of pyridine rings is 1. The number of aliphatic carboxylic acids is 2. The number of carbonyl (C=O) groups is 3. The van der Waals surface area contributed by atoms with Gasteiger partial charge in [0.1, 0.15) is 17.9 Å². The number of carboxylic acid groups (broad SMARTS) is 2. The first-order valence-corrected chi connectivity index (χ1v) is 10.1. The molecule has 0 aliphatic carbocycles. The number of carbonyl (C=O) groups excluding carboxylic acids is 1. The zero-order valence-corrected chi connectivity index (χ0v) is 17.9. The number of carboxylic acids is 2. The number of rotatable bonds is 9. The van der Waals surface area contributed by atoms with Gasteiger partial charge in [0.05, 0.1) is 17.9 Å². The van der Waals surface area contributed by atoms with Crippen molar-refractivity contribution in [1.82, 2.24) is 10.3 Å². The highest BCUT2D eigenvalue weighted by Crippen LogP contribution is 2.25. The highest BCUT2D eigenvalue weighted by molar-refractivity contribution is 5.97. The van der Waals surface area contributed by atoms with Crippen LogP contribution >= 0.6 is 0 Å². The lowest BCUT2D eigenvalue weighted by Crippen LogP contribution is -2.41. The number of nitrogens with two attached hydrogens (primary N) is 2. The van der Waals surface area contributed by atoms with Crippen molar-refractivity contribution in [2.75, 3.05) is 17.3 Å². The van der Waals surface area contributed by atoms with Crippen LogP contribution in [0.25, 0.3) is 0 Å². The molecule has 1 amide bonds. The monoisotopic (exact) mass is 455 g/mol. The van der Waals surface area contributed by atoms with Gasteiger partial charge in [-0.25, -0.2) is 9.79 Å². The minimum absolute atomic E-state index is 0.206. The molecule has 1 aromatic heterocycles. The Morgan fingerprint density at radius 2 is 1.88 bits per heavy atom. The second kappa shape index (κ2) is 9.96. The highest BCUT2D eigenvalue weighted by atomic mass is 16.4. The number of nitrogens with zero attached hydrogens (tertiary/aromatic N) is 3. The maximum absolute atomic E-state index is 12.4. The summed E-state index contributed by atoms with van der Waals surface area (Å²) in [7, 11) is 1.86. The minimum Gasteiger partial charge on any atom is -0.481 e. The Hall–Kier alpha value is -4.19. The van der Waals surface area contributed by atoms with Gasteiger partial charge in [-0.2, -0.15) is 0 Å². The molecule has 2 unspecified atom stereocenters. The molecule has 1 aromatic carbocycles. The second-order valence-electron chi connectivity index (χ2n) is 7.52. The van der Waals surface area contributed by atoms with E-state index in [-0.39, 0.29) is 24.4 Å². The molecule has 2 heterocycles. The number of hydrogen-bond acceptors (Lipinski definition) is 9. The Labute approximate surface area is 189 Å². The Balaban J connectivity index is 1.64. The van der Waals surface area contributed by atoms with Crippen LogP contribution in [0, 0.1) is 0 Å². The standard InChI is InChI=1S/C21H25N7O5/c1-28(10-12-4-7-14-17(24-12)18(22)27-21(23)26-14)13-5-2-11(3-6-13)19(31)25-15(20(32)33)8-9-16(29)30/h2-7,15,18H,8-10,22H2,1H3,(H,25,31)(H,29,30)(H,32,33)(H3,23,26,27). The molecule has 0 saturated carbocycles. The SMILES string of the molecule is CN(Cc1ccc2c(n1)C(N)N=C(N)N2)c1ccc(C(=O)NC(CCC(=O)O)C(=O)O)cc1. The summed E-state index contributed by atoms with van der Waals surface area (Å²) in [5.41, 5.74) is 14.8. The van der Waals surface area contributed by atoms with Crippen LogP contribution in [0.2, 0.25) is 0 Å². The molecule has 2 aromatic rings. The molecule has 1 aliphatic rings. The molecular weight excluding hydrogens is 430 g/mol. The predicted molar refractivity (Wildman–Crippen MR) is 121 cm³/mol. The topological polar surface area (TPSA) is 196 Å². The van der Waals surface area contributed by atoms with Crippen LogP contribution in [-0.4, -0.2) is 52.1 Å². The van der Waals surface area contributed by atoms with Gasteiger partial charge in [0.15, 0.2) is 5.96 Å². The summed E-state index contributed by atoms with van der Waals surface area (Å²) >= 11 is 0. The normalized spacial score (nSPS) is 15.5. The fourth-order valence-electron chi connectivity index (χ4n) is 3.29. The summed E-state index contributed by atoms with van der Waals surface area (Å²) < 4.78 is 0. The average Bonchev–Trinajstić information content (AvgIpc) is 2.76. The third kappa shape index (κ3) is 5.95. The molecule has 1 aliphatic heterocycles. The Morgan fingerprint density at radius 1 is 1.18 bits per heavy atom. The van der Waals surface area contributed by atoms with Crippen LogP contribution in [0.1, 0.15) is 40.8 Å². The van der Waals surface area contributed by atoms with Crippen molar-refractivity contribution in [3.05, 3.63) is 53.3 Å². The average molecular weight is 455 g/mol. The minimum atomic E-state index is -1.29. The molecule has 33 heavy (non-hydrogen) atoms. The van der Waals surface area contributed by atoms with Gasteiger partial charge >= 0.3 is 11.9 Å².